The van der Waals surface area contributed by atoms with Gasteiger partial charge < -0.3 is 4.74 Å². The molecule has 0 spiro atoms. The maximum atomic E-state index is 10.5. The first kappa shape index (κ1) is 13.3. The van der Waals surface area contributed by atoms with E-state index < -0.39 is 5.60 Å². The fourth-order valence-electron chi connectivity index (χ4n) is 1.54. The zero-order valence-corrected chi connectivity index (χ0v) is 10.9. The molecule has 5 heteroatoms. The second-order valence-electron chi connectivity index (χ2n) is 3.71. The third-order valence-corrected chi connectivity index (χ3v) is 3.30. The van der Waals surface area contributed by atoms with Crippen molar-refractivity contribution in [2.45, 2.75) is 32.8 Å². The minimum Gasteiger partial charge on any atom is -0.457 e. The number of halogens is 2. The third-order valence-electron chi connectivity index (χ3n) is 2.73. The van der Waals surface area contributed by atoms with Crippen molar-refractivity contribution in [2.24, 2.45) is 0 Å². The third kappa shape index (κ3) is 2.47. The first-order valence-corrected chi connectivity index (χ1v) is 5.64. The summed E-state index contributed by atoms with van der Waals surface area (Å²) >= 11 is 11.8. The summed E-state index contributed by atoms with van der Waals surface area (Å²) in [5.41, 5.74) is 0.839. The second kappa shape index (κ2) is 5.02. The molecule has 1 heterocycles. The molecule has 88 valence electrons. The first-order valence-electron chi connectivity index (χ1n) is 4.89. The van der Waals surface area contributed by atoms with Gasteiger partial charge in [0.25, 0.3) is 6.47 Å². The van der Waals surface area contributed by atoms with E-state index in [1.807, 2.05) is 20.8 Å². The molecule has 0 fully saturated rings. The summed E-state index contributed by atoms with van der Waals surface area (Å²) in [6.45, 7) is 6.00. The van der Waals surface area contributed by atoms with Crippen molar-refractivity contribution in [1.82, 2.24) is 4.98 Å². The number of nitrogens with zero attached hydrogens (tertiary/aromatic N) is 1. The molecule has 1 atom stereocenters. The van der Waals surface area contributed by atoms with E-state index in [4.69, 9.17) is 27.9 Å². The fourth-order valence-corrected chi connectivity index (χ4v) is 1.97. The number of aromatic nitrogens is 1. The Morgan fingerprint density at radius 1 is 1.56 bits per heavy atom. The van der Waals surface area contributed by atoms with Gasteiger partial charge in [0.2, 0.25) is 0 Å². The van der Waals surface area contributed by atoms with Gasteiger partial charge in [0.15, 0.2) is 0 Å². The molecular formula is C11H13Cl2NO2. The summed E-state index contributed by atoms with van der Waals surface area (Å²) in [4.78, 5) is 14.5. The van der Waals surface area contributed by atoms with E-state index in [2.05, 4.69) is 4.98 Å². The van der Waals surface area contributed by atoms with Crippen LogP contribution in [0.5, 0.6) is 0 Å². The van der Waals surface area contributed by atoms with E-state index in [0.29, 0.717) is 23.2 Å². The molecule has 1 unspecified atom stereocenters. The van der Waals surface area contributed by atoms with Gasteiger partial charge in [0, 0.05) is 5.56 Å². The molecule has 0 saturated heterocycles. The molecule has 0 N–H and O–H groups in total. The van der Waals surface area contributed by atoms with Gasteiger partial charge in [0.05, 0.1) is 0 Å². The quantitative estimate of drug-likeness (QED) is 0.615. The lowest BCUT2D eigenvalue weighted by atomic mass is 9.91. The van der Waals surface area contributed by atoms with Crippen LogP contribution in [-0.2, 0) is 15.1 Å². The summed E-state index contributed by atoms with van der Waals surface area (Å²) in [6, 6.07) is 1.68. The van der Waals surface area contributed by atoms with Gasteiger partial charge in [-0.2, -0.15) is 0 Å². The highest BCUT2D eigenvalue weighted by molar-refractivity contribution is 6.33. The van der Waals surface area contributed by atoms with Gasteiger partial charge in [-0.1, -0.05) is 30.1 Å². The van der Waals surface area contributed by atoms with Gasteiger partial charge in [-0.3, -0.25) is 4.79 Å². The Labute approximate surface area is 105 Å². The van der Waals surface area contributed by atoms with E-state index in [1.54, 1.807) is 6.07 Å². The molecule has 1 rings (SSSR count). The number of ether oxygens (including phenoxy) is 1. The average Bonchev–Trinajstić information content (AvgIpc) is 2.23. The van der Waals surface area contributed by atoms with Gasteiger partial charge >= 0.3 is 0 Å². The topological polar surface area (TPSA) is 39.2 Å². The molecule has 3 nitrogen and oxygen atoms in total. The molecule has 0 amide bonds. The zero-order valence-electron chi connectivity index (χ0n) is 9.38. The maximum absolute atomic E-state index is 10.5. The summed E-state index contributed by atoms with van der Waals surface area (Å²) in [6.07, 6.45) is 0.628. The molecule has 0 radical (unpaired) electrons. The Hall–Kier alpha value is -0.800. The molecule has 1 aromatic heterocycles. The predicted molar refractivity (Wildman–Crippen MR) is 63.8 cm³/mol. The van der Waals surface area contributed by atoms with E-state index in [1.165, 1.54) is 0 Å². The smallest absolute Gasteiger partial charge is 0.293 e. The van der Waals surface area contributed by atoms with Gasteiger partial charge in [0.1, 0.15) is 15.9 Å². The largest absolute Gasteiger partial charge is 0.457 e. The average molecular weight is 262 g/mol. The van der Waals surface area contributed by atoms with Crippen LogP contribution in [0, 0.1) is 6.92 Å². The number of carbonyl (C=O) groups is 1. The Bertz CT molecular complexity index is 409. The van der Waals surface area contributed by atoms with E-state index >= 15 is 0 Å². The van der Waals surface area contributed by atoms with Crippen LogP contribution >= 0.6 is 23.2 Å². The van der Waals surface area contributed by atoms with Crippen LogP contribution in [-0.4, -0.2) is 11.5 Å². The van der Waals surface area contributed by atoms with Crippen LogP contribution in [0.2, 0.25) is 10.3 Å². The van der Waals surface area contributed by atoms with E-state index in [9.17, 15) is 4.79 Å². The molecule has 0 bridgehead atoms. The van der Waals surface area contributed by atoms with Crippen LogP contribution in [0.3, 0.4) is 0 Å². The van der Waals surface area contributed by atoms with Gasteiger partial charge in [-0.05, 0) is 31.9 Å². The minimum atomic E-state index is -0.720. The van der Waals surface area contributed by atoms with Crippen molar-refractivity contribution in [2.75, 3.05) is 0 Å². The normalized spacial score (nSPS) is 14.3. The highest BCUT2D eigenvalue weighted by Gasteiger charge is 2.29. The lowest BCUT2D eigenvalue weighted by Gasteiger charge is -2.28. The van der Waals surface area contributed by atoms with Crippen molar-refractivity contribution in [3.63, 3.8) is 0 Å². The number of rotatable bonds is 4. The number of hydrogen-bond acceptors (Lipinski definition) is 3. The summed E-state index contributed by atoms with van der Waals surface area (Å²) in [5.74, 6) is 0. The van der Waals surface area contributed by atoms with Crippen LogP contribution in [0.25, 0.3) is 0 Å². The van der Waals surface area contributed by atoms with Crippen molar-refractivity contribution < 1.29 is 9.53 Å². The molecule has 16 heavy (non-hydrogen) atoms. The molecule has 0 saturated carbocycles. The van der Waals surface area contributed by atoms with Gasteiger partial charge in [-0.15, -0.1) is 0 Å². The molecule has 0 aliphatic carbocycles. The lowest BCUT2D eigenvalue weighted by Crippen LogP contribution is -2.26. The van der Waals surface area contributed by atoms with Crippen molar-refractivity contribution in [3.05, 3.63) is 27.5 Å². The Balaban J connectivity index is 3.34. The Kier molecular flexibility index (Phi) is 4.16. The van der Waals surface area contributed by atoms with Crippen LogP contribution in [0.1, 0.15) is 31.4 Å². The molecule has 1 aromatic rings. The van der Waals surface area contributed by atoms with Crippen LogP contribution in [0.4, 0.5) is 0 Å². The summed E-state index contributed by atoms with van der Waals surface area (Å²) < 4.78 is 5.13. The highest BCUT2D eigenvalue weighted by Crippen LogP contribution is 2.34. The molecular weight excluding hydrogens is 249 g/mol. The standard InChI is InChI=1S/C11H13Cl2NO2/c1-4-11(3,16-6-15)8-5-9(12)14-10(13)7(8)2/h5-6H,4H2,1-3H3. The second-order valence-corrected chi connectivity index (χ2v) is 4.45. The maximum Gasteiger partial charge on any atom is 0.293 e. The van der Waals surface area contributed by atoms with Crippen molar-refractivity contribution in [1.29, 1.82) is 0 Å². The predicted octanol–water partition coefficient (Wildman–Crippen LogP) is 3.50. The zero-order chi connectivity index (χ0) is 12.3. The first-order chi connectivity index (χ1) is 7.44. The minimum absolute atomic E-state index is 0.291. The van der Waals surface area contributed by atoms with Crippen molar-refractivity contribution >= 4 is 29.7 Å². The molecule has 0 aliphatic heterocycles. The van der Waals surface area contributed by atoms with E-state index in [0.717, 1.165) is 11.1 Å². The lowest BCUT2D eigenvalue weighted by molar-refractivity contribution is -0.143. The Morgan fingerprint density at radius 3 is 2.69 bits per heavy atom. The molecule has 0 aromatic carbocycles. The van der Waals surface area contributed by atoms with Crippen LogP contribution < -0.4 is 0 Å². The van der Waals surface area contributed by atoms with E-state index in [-0.39, 0.29) is 0 Å². The Morgan fingerprint density at radius 2 is 2.19 bits per heavy atom. The highest BCUT2D eigenvalue weighted by atomic mass is 35.5. The summed E-state index contributed by atoms with van der Waals surface area (Å²) in [7, 11) is 0. The monoisotopic (exact) mass is 261 g/mol. The number of carbonyl (C=O) groups excluding carboxylic acids is 1. The van der Waals surface area contributed by atoms with Gasteiger partial charge in [-0.25, -0.2) is 4.98 Å². The van der Waals surface area contributed by atoms with Crippen molar-refractivity contribution in [3.8, 4) is 0 Å². The number of pyridine rings is 1. The number of hydrogen-bond donors (Lipinski definition) is 0. The fraction of sp³-hybridized carbons (Fsp3) is 0.455. The SMILES string of the molecule is CCC(C)(OC=O)c1cc(Cl)nc(Cl)c1C. The summed E-state index contributed by atoms with van der Waals surface area (Å²) in [5, 5.41) is 0.622. The van der Waals surface area contributed by atoms with Crippen LogP contribution in [0.15, 0.2) is 6.07 Å². The molecule has 0 aliphatic rings.